The van der Waals surface area contributed by atoms with Crippen molar-refractivity contribution >= 4 is 33.7 Å². The highest BCUT2D eigenvalue weighted by Gasteiger charge is 2.42. The van der Waals surface area contributed by atoms with E-state index in [1.54, 1.807) is 13.1 Å². The predicted molar refractivity (Wildman–Crippen MR) is 163 cm³/mol. The van der Waals surface area contributed by atoms with E-state index in [4.69, 9.17) is 11.5 Å². The second-order valence-corrected chi connectivity index (χ2v) is 10.9. The number of carbonyl (C=O) groups excluding carboxylic acids is 3. The lowest BCUT2D eigenvalue weighted by Crippen LogP contribution is -2.37. The largest absolute Gasteiger partial charge is 0.369 e. The standard InChI is InChI=1S/C19H18N4O3.C12H10BrN3O/c1-12-9-13(3-5-19(26)6-8-23(2)18(19)25)11-14(10-12)17-21-7-4-15(22-17)16(20)24;1-7-4-8(6-9(13)5-7)12-15-3-2-10(16-12)11(14)17/h4,7,9-11,26H,6,8H2,1-2H3,(H2,20,24);2-6H,1H3,(H2,14,17)/t19-;/m0./s1. The third-order valence-electron chi connectivity index (χ3n) is 6.38. The molecule has 5 rings (SSSR count). The van der Waals surface area contributed by atoms with E-state index in [2.05, 4.69) is 47.7 Å². The molecule has 0 saturated carbocycles. The fourth-order valence-corrected chi connectivity index (χ4v) is 4.87. The maximum absolute atomic E-state index is 12.0. The summed E-state index contributed by atoms with van der Waals surface area (Å²) in [4.78, 5) is 52.4. The van der Waals surface area contributed by atoms with Crippen LogP contribution < -0.4 is 11.5 Å². The number of rotatable bonds is 4. The summed E-state index contributed by atoms with van der Waals surface area (Å²) in [7, 11) is 1.63. The molecule has 0 bridgehead atoms. The molecule has 0 spiro atoms. The van der Waals surface area contributed by atoms with Crippen LogP contribution in [0.5, 0.6) is 0 Å². The Balaban J connectivity index is 0.000000215. The van der Waals surface area contributed by atoms with Crippen LogP contribution in [0.4, 0.5) is 0 Å². The lowest BCUT2D eigenvalue weighted by Gasteiger charge is -2.13. The first kappa shape index (κ1) is 31.0. The molecule has 0 aliphatic carbocycles. The molecule has 0 radical (unpaired) electrons. The highest BCUT2D eigenvalue weighted by molar-refractivity contribution is 9.10. The average molecular weight is 643 g/mol. The first-order valence-corrected chi connectivity index (χ1v) is 13.8. The van der Waals surface area contributed by atoms with E-state index in [-0.39, 0.29) is 17.8 Å². The van der Waals surface area contributed by atoms with Crippen molar-refractivity contribution in [3.05, 3.63) is 93.5 Å². The number of likely N-dealkylation sites (N-methyl/N-ethyl adjacent to an activating group) is 1. The van der Waals surface area contributed by atoms with Gasteiger partial charge in [0.15, 0.2) is 11.6 Å². The van der Waals surface area contributed by atoms with Gasteiger partial charge in [-0.15, -0.1) is 0 Å². The summed E-state index contributed by atoms with van der Waals surface area (Å²) >= 11 is 3.41. The smallest absolute Gasteiger partial charge is 0.267 e. The number of primary amides is 2. The van der Waals surface area contributed by atoms with E-state index in [1.165, 1.54) is 29.4 Å². The monoisotopic (exact) mass is 641 g/mol. The zero-order valence-corrected chi connectivity index (χ0v) is 25.2. The van der Waals surface area contributed by atoms with Crippen LogP contribution in [-0.2, 0) is 4.79 Å². The normalized spacial score (nSPS) is 15.7. The number of benzene rings is 2. The lowest BCUT2D eigenvalue weighted by atomic mass is 10.0. The Bertz CT molecular complexity index is 1780. The second kappa shape index (κ2) is 12.9. The molecule has 1 aliphatic heterocycles. The number of halogens is 1. The zero-order chi connectivity index (χ0) is 31.3. The Labute approximate surface area is 256 Å². The lowest BCUT2D eigenvalue weighted by molar-refractivity contribution is -0.137. The van der Waals surface area contributed by atoms with Gasteiger partial charge in [-0.1, -0.05) is 27.8 Å². The number of nitrogens with zero attached hydrogens (tertiary/aromatic N) is 5. The van der Waals surface area contributed by atoms with Gasteiger partial charge in [0.2, 0.25) is 5.60 Å². The highest BCUT2D eigenvalue weighted by atomic mass is 79.9. The van der Waals surface area contributed by atoms with Gasteiger partial charge >= 0.3 is 0 Å². The van der Waals surface area contributed by atoms with E-state index >= 15 is 0 Å². The Morgan fingerprint density at radius 3 is 1.93 bits per heavy atom. The minimum absolute atomic E-state index is 0.123. The van der Waals surface area contributed by atoms with E-state index in [0.717, 1.165) is 21.2 Å². The summed E-state index contributed by atoms with van der Waals surface area (Å²) in [6, 6.07) is 14.2. The topological polar surface area (TPSA) is 178 Å². The number of hydrogen-bond donors (Lipinski definition) is 3. The minimum Gasteiger partial charge on any atom is -0.369 e. The maximum Gasteiger partial charge on any atom is 0.267 e. The van der Waals surface area contributed by atoms with Gasteiger partial charge in [-0.2, -0.15) is 0 Å². The van der Waals surface area contributed by atoms with Crippen molar-refractivity contribution in [1.29, 1.82) is 0 Å². The van der Waals surface area contributed by atoms with Crippen LogP contribution in [-0.4, -0.2) is 66.9 Å². The van der Waals surface area contributed by atoms with Crippen LogP contribution in [0.25, 0.3) is 22.8 Å². The van der Waals surface area contributed by atoms with E-state index in [1.807, 2.05) is 44.2 Å². The Morgan fingerprint density at radius 1 is 0.907 bits per heavy atom. The van der Waals surface area contributed by atoms with Gasteiger partial charge in [0, 0.05) is 53.6 Å². The van der Waals surface area contributed by atoms with Gasteiger partial charge in [0.25, 0.3) is 17.7 Å². The minimum atomic E-state index is -1.65. The number of aliphatic hydroxyl groups is 1. The van der Waals surface area contributed by atoms with Crippen molar-refractivity contribution in [2.75, 3.05) is 13.6 Å². The quantitative estimate of drug-likeness (QED) is 0.285. The molecular formula is C31H28BrN7O4. The second-order valence-electron chi connectivity index (χ2n) is 9.95. The molecule has 5 N–H and O–H groups in total. The summed E-state index contributed by atoms with van der Waals surface area (Å²) in [5.41, 5.74) is 13.2. The van der Waals surface area contributed by atoms with Crippen LogP contribution >= 0.6 is 15.9 Å². The molecule has 2 aromatic carbocycles. The van der Waals surface area contributed by atoms with Crippen molar-refractivity contribution < 1.29 is 19.5 Å². The van der Waals surface area contributed by atoms with Crippen LogP contribution in [0, 0.1) is 25.7 Å². The van der Waals surface area contributed by atoms with E-state index < -0.39 is 23.3 Å². The zero-order valence-electron chi connectivity index (χ0n) is 23.6. The molecular weight excluding hydrogens is 614 g/mol. The van der Waals surface area contributed by atoms with Gasteiger partial charge in [0.1, 0.15) is 11.4 Å². The molecule has 1 saturated heterocycles. The number of carbonyl (C=O) groups is 3. The van der Waals surface area contributed by atoms with Gasteiger partial charge in [-0.05, 0) is 73.5 Å². The number of aryl methyl sites for hydroxylation is 2. The van der Waals surface area contributed by atoms with Crippen molar-refractivity contribution in [3.63, 3.8) is 0 Å². The fraction of sp³-hybridized carbons (Fsp3) is 0.194. The average Bonchev–Trinajstić information content (AvgIpc) is 3.23. The molecule has 11 nitrogen and oxygen atoms in total. The molecule has 43 heavy (non-hydrogen) atoms. The fourth-order valence-electron chi connectivity index (χ4n) is 4.27. The van der Waals surface area contributed by atoms with Crippen molar-refractivity contribution in [3.8, 4) is 34.6 Å². The molecule has 3 heterocycles. The SMILES string of the molecule is Cc1cc(Br)cc(-c2nccc(C(N)=O)n2)c1.Cc1cc(C#C[C@]2(O)CCN(C)C2=O)cc(-c2nccc(C(N)=O)n2)c1. The summed E-state index contributed by atoms with van der Waals surface area (Å²) in [5.74, 6) is 4.82. The van der Waals surface area contributed by atoms with Crippen molar-refractivity contribution in [1.82, 2.24) is 24.8 Å². The predicted octanol–water partition coefficient (Wildman–Crippen LogP) is 2.81. The van der Waals surface area contributed by atoms with Gasteiger partial charge in [-0.3, -0.25) is 14.4 Å². The summed E-state index contributed by atoms with van der Waals surface area (Å²) in [5, 5.41) is 10.4. The van der Waals surface area contributed by atoms with Crippen LogP contribution in [0.3, 0.4) is 0 Å². The number of likely N-dealkylation sites (tertiary alicyclic amines) is 1. The Hall–Kier alpha value is -4.99. The molecule has 2 aromatic heterocycles. The van der Waals surface area contributed by atoms with Crippen LogP contribution in [0.1, 0.15) is 44.1 Å². The van der Waals surface area contributed by atoms with E-state index in [0.29, 0.717) is 29.3 Å². The molecule has 0 unspecified atom stereocenters. The number of aromatic nitrogens is 4. The van der Waals surface area contributed by atoms with Crippen LogP contribution in [0.15, 0.2) is 65.4 Å². The van der Waals surface area contributed by atoms with Crippen LogP contribution in [0.2, 0.25) is 0 Å². The Kier molecular flexibility index (Phi) is 9.28. The van der Waals surface area contributed by atoms with Crippen molar-refractivity contribution in [2.24, 2.45) is 11.5 Å². The number of nitrogens with two attached hydrogens (primary N) is 2. The maximum atomic E-state index is 12.0. The van der Waals surface area contributed by atoms with E-state index in [9.17, 15) is 19.5 Å². The molecule has 1 atom stereocenters. The number of amides is 3. The third-order valence-corrected chi connectivity index (χ3v) is 6.83. The Morgan fingerprint density at radius 2 is 1.44 bits per heavy atom. The van der Waals surface area contributed by atoms with Crippen molar-refractivity contribution in [2.45, 2.75) is 25.9 Å². The molecule has 4 aromatic rings. The van der Waals surface area contributed by atoms with Gasteiger partial charge < -0.3 is 21.5 Å². The molecule has 1 fully saturated rings. The summed E-state index contributed by atoms with van der Waals surface area (Å²) < 4.78 is 0.945. The van der Waals surface area contributed by atoms with Gasteiger partial charge in [-0.25, -0.2) is 19.9 Å². The summed E-state index contributed by atoms with van der Waals surface area (Å²) in [6.07, 6.45) is 3.27. The highest BCUT2D eigenvalue weighted by Crippen LogP contribution is 2.23. The number of hydrogen-bond acceptors (Lipinski definition) is 8. The molecule has 3 amide bonds. The third kappa shape index (κ3) is 7.65. The van der Waals surface area contributed by atoms with Gasteiger partial charge in [0.05, 0.1) is 0 Å². The first-order valence-electron chi connectivity index (χ1n) is 13.0. The molecule has 1 aliphatic rings. The molecule has 218 valence electrons. The molecule has 12 heteroatoms. The summed E-state index contributed by atoms with van der Waals surface area (Å²) in [6.45, 7) is 4.33. The first-order chi connectivity index (χ1) is 20.3.